The molecule has 7 nitrogen and oxygen atoms in total. The summed E-state index contributed by atoms with van der Waals surface area (Å²) in [6.07, 6.45) is 6.02. The first-order chi connectivity index (χ1) is 16.9. The fraction of sp³-hybridized carbons (Fsp3) is 0.214. The van der Waals surface area contributed by atoms with Gasteiger partial charge in [0.2, 0.25) is 5.91 Å². The van der Waals surface area contributed by atoms with Gasteiger partial charge in [-0.05, 0) is 47.0 Å². The van der Waals surface area contributed by atoms with Gasteiger partial charge in [0.15, 0.2) is 0 Å². The van der Waals surface area contributed by atoms with Gasteiger partial charge < -0.3 is 16.4 Å². The first-order valence-electron chi connectivity index (χ1n) is 11.5. The summed E-state index contributed by atoms with van der Waals surface area (Å²) in [5.74, 6) is -0.0779. The quantitative estimate of drug-likeness (QED) is 0.492. The molecule has 2 amide bonds. The van der Waals surface area contributed by atoms with Gasteiger partial charge >= 0.3 is 0 Å². The first kappa shape index (κ1) is 24.0. The highest BCUT2D eigenvalue weighted by molar-refractivity contribution is 6.05. The Labute approximate surface area is 205 Å². The summed E-state index contributed by atoms with van der Waals surface area (Å²) in [4.78, 5) is 33.6. The predicted molar refractivity (Wildman–Crippen MR) is 139 cm³/mol. The molecule has 0 unspecified atom stereocenters. The number of aromatic nitrogens is 1. The van der Waals surface area contributed by atoms with Crippen molar-refractivity contribution in [3.63, 3.8) is 0 Å². The van der Waals surface area contributed by atoms with Crippen LogP contribution in [0.4, 0.5) is 0 Å². The van der Waals surface area contributed by atoms with Crippen molar-refractivity contribution in [1.29, 1.82) is 0 Å². The number of rotatable bonds is 7. The van der Waals surface area contributed by atoms with Crippen LogP contribution in [0.2, 0.25) is 0 Å². The molecule has 35 heavy (non-hydrogen) atoms. The zero-order chi connectivity index (χ0) is 24.8. The van der Waals surface area contributed by atoms with E-state index in [-0.39, 0.29) is 23.8 Å². The van der Waals surface area contributed by atoms with Gasteiger partial charge in [-0.3, -0.25) is 14.6 Å². The Morgan fingerprint density at radius 1 is 0.971 bits per heavy atom. The number of nitrogens with one attached hydrogen (secondary N) is 2. The average Bonchev–Trinajstić information content (AvgIpc) is 3.36. The van der Waals surface area contributed by atoms with Crippen LogP contribution in [0.3, 0.4) is 0 Å². The first-order valence-corrected chi connectivity index (χ1v) is 11.5. The molecule has 0 bridgehead atoms. The summed E-state index contributed by atoms with van der Waals surface area (Å²) in [7, 11) is 0. The molecule has 0 saturated heterocycles. The van der Waals surface area contributed by atoms with E-state index in [9.17, 15) is 9.59 Å². The lowest BCUT2D eigenvalue weighted by Gasteiger charge is -2.23. The Balaban J connectivity index is 1.34. The van der Waals surface area contributed by atoms with E-state index in [0.717, 1.165) is 28.0 Å². The predicted octanol–water partition coefficient (Wildman–Crippen LogP) is 3.67. The monoisotopic (exact) mass is 467 g/mol. The van der Waals surface area contributed by atoms with E-state index in [1.807, 2.05) is 68.5 Å². The molecule has 0 spiro atoms. The Bertz CT molecular complexity index is 1300. The molecule has 0 aliphatic carbocycles. The molecule has 0 atom stereocenters. The highest BCUT2D eigenvalue weighted by Crippen LogP contribution is 2.27. The van der Waals surface area contributed by atoms with E-state index in [0.29, 0.717) is 24.4 Å². The van der Waals surface area contributed by atoms with Gasteiger partial charge in [-0.15, -0.1) is 0 Å². The van der Waals surface area contributed by atoms with Crippen molar-refractivity contribution in [2.45, 2.75) is 25.7 Å². The largest absolute Gasteiger partial charge is 0.343 e. The van der Waals surface area contributed by atoms with Crippen LogP contribution in [-0.4, -0.2) is 35.7 Å². The molecule has 2 aromatic carbocycles. The Morgan fingerprint density at radius 2 is 1.71 bits per heavy atom. The molecule has 2 heterocycles. The SMILES string of the molecule is CC(C)(CN)c1cccc(C(=O)NCC(=O)NC2=NC(c3cccc(-c4ccncc4)c3)=CC2)c1. The number of aliphatic imine (C=N–C) groups is 1. The summed E-state index contributed by atoms with van der Waals surface area (Å²) in [6, 6.07) is 19.3. The Hall–Kier alpha value is -4.10. The highest BCUT2D eigenvalue weighted by atomic mass is 16.2. The summed E-state index contributed by atoms with van der Waals surface area (Å²) < 4.78 is 0. The number of amidine groups is 1. The van der Waals surface area contributed by atoms with Crippen molar-refractivity contribution < 1.29 is 9.59 Å². The molecule has 4 rings (SSSR count). The van der Waals surface area contributed by atoms with Crippen molar-refractivity contribution >= 4 is 23.3 Å². The van der Waals surface area contributed by atoms with Crippen LogP contribution in [-0.2, 0) is 10.2 Å². The molecule has 1 aliphatic rings. The van der Waals surface area contributed by atoms with Gasteiger partial charge in [0.05, 0.1) is 12.2 Å². The molecule has 0 fully saturated rings. The second kappa shape index (κ2) is 10.4. The van der Waals surface area contributed by atoms with E-state index in [1.165, 1.54) is 0 Å². The minimum absolute atomic E-state index is 0.144. The second-order valence-electron chi connectivity index (χ2n) is 9.07. The molecule has 4 N–H and O–H groups in total. The van der Waals surface area contributed by atoms with Crippen LogP contribution in [0.25, 0.3) is 16.8 Å². The van der Waals surface area contributed by atoms with Gasteiger partial charge in [-0.25, -0.2) is 4.99 Å². The third-order valence-corrected chi connectivity index (χ3v) is 6.03. The molecule has 0 radical (unpaired) electrons. The van der Waals surface area contributed by atoms with E-state index < -0.39 is 0 Å². The van der Waals surface area contributed by atoms with Gasteiger partial charge in [-0.2, -0.15) is 0 Å². The lowest BCUT2D eigenvalue weighted by molar-refractivity contribution is -0.118. The fourth-order valence-corrected chi connectivity index (χ4v) is 3.76. The molecular formula is C28H29N5O2. The normalized spacial score (nSPS) is 13.1. The van der Waals surface area contributed by atoms with Crippen molar-refractivity contribution in [3.05, 3.63) is 95.8 Å². The van der Waals surface area contributed by atoms with Crippen molar-refractivity contribution in [3.8, 4) is 11.1 Å². The lowest BCUT2D eigenvalue weighted by atomic mass is 9.84. The molecule has 178 valence electrons. The number of carbonyl (C=O) groups excluding carboxylic acids is 2. The summed E-state index contributed by atoms with van der Waals surface area (Å²) >= 11 is 0. The minimum Gasteiger partial charge on any atom is -0.343 e. The van der Waals surface area contributed by atoms with E-state index >= 15 is 0 Å². The van der Waals surface area contributed by atoms with Crippen molar-refractivity contribution in [2.75, 3.05) is 13.1 Å². The number of hydrogen-bond acceptors (Lipinski definition) is 5. The van der Waals surface area contributed by atoms with E-state index in [4.69, 9.17) is 5.73 Å². The number of pyridine rings is 1. The zero-order valence-corrected chi connectivity index (χ0v) is 19.9. The molecule has 7 heteroatoms. The minimum atomic E-state index is -0.323. The number of carbonyl (C=O) groups is 2. The summed E-state index contributed by atoms with van der Waals surface area (Å²) in [5.41, 5.74) is 11.0. The summed E-state index contributed by atoms with van der Waals surface area (Å²) in [5, 5.41) is 5.47. The second-order valence-corrected chi connectivity index (χ2v) is 9.07. The fourth-order valence-electron chi connectivity index (χ4n) is 3.76. The summed E-state index contributed by atoms with van der Waals surface area (Å²) in [6.45, 7) is 4.37. The van der Waals surface area contributed by atoms with Crippen molar-refractivity contribution in [1.82, 2.24) is 15.6 Å². The van der Waals surface area contributed by atoms with E-state index in [2.05, 4.69) is 26.7 Å². The smallest absolute Gasteiger partial charge is 0.251 e. The average molecular weight is 468 g/mol. The van der Waals surface area contributed by atoms with Crippen LogP contribution in [0.1, 0.15) is 41.8 Å². The van der Waals surface area contributed by atoms with Gasteiger partial charge in [0.1, 0.15) is 5.84 Å². The number of benzene rings is 2. The van der Waals surface area contributed by atoms with Gasteiger partial charge in [0, 0.05) is 41.9 Å². The number of nitrogens with two attached hydrogens (primary N) is 1. The number of amides is 2. The van der Waals surface area contributed by atoms with Crippen LogP contribution >= 0.6 is 0 Å². The van der Waals surface area contributed by atoms with E-state index in [1.54, 1.807) is 18.5 Å². The molecule has 1 aliphatic heterocycles. The lowest BCUT2D eigenvalue weighted by Crippen LogP contribution is -2.39. The van der Waals surface area contributed by atoms with Crippen LogP contribution in [0.5, 0.6) is 0 Å². The number of nitrogens with zero attached hydrogens (tertiary/aromatic N) is 2. The van der Waals surface area contributed by atoms with Crippen molar-refractivity contribution in [2.24, 2.45) is 10.7 Å². The molecule has 0 saturated carbocycles. The van der Waals surface area contributed by atoms with Crippen LogP contribution < -0.4 is 16.4 Å². The Morgan fingerprint density at radius 3 is 2.49 bits per heavy atom. The molecule has 1 aromatic heterocycles. The Kier molecular flexibility index (Phi) is 7.17. The number of hydrogen-bond donors (Lipinski definition) is 3. The maximum atomic E-state index is 12.6. The van der Waals surface area contributed by atoms with Crippen LogP contribution in [0.15, 0.2) is 84.1 Å². The maximum absolute atomic E-state index is 12.6. The third kappa shape index (κ3) is 5.88. The maximum Gasteiger partial charge on any atom is 0.251 e. The molecule has 3 aromatic rings. The van der Waals surface area contributed by atoms with Crippen LogP contribution in [0, 0.1) is 0 Å². The zero-order valence-electron chi connectivity index (χ0n) is 19.9. The van der Waals surface area contributed by atoms with Gasteiger partial charge in [0.25, 0.3) is 5.91 Å². The molecular weight excluding hydrogens is 438 g/mol. The van der Waals surface area contributed by atoms with Gasteiger partial charge in [-0.1, -0.05) is 50.3 Å². The highest BCUT2D eigenvalue weighted by Gasteiger charge is 2.20. The standard InChI is InChI=1S/C28H29N5O2/c1-28(2,18-29)23-8-4-7-22(16-23)27(35)31-17-26(34)33-25-10-9-24(32-25)21-6-3-5-20(15-21)19-11-13-30-14-12-19/h3-9,11-16H,10,17-18,29H2,1-2H3,(H,31,35)(H,32,33,34). The topological polar surface area (TPSA) is 109 Å². The third-order valence-electron chi connectivity index (χ3n) is 6.03.